The van der Waals surface area contributed by atoms with E-state index in [0.29, 0.717) is 0 Å². The SMILES string of the molecule is COC(=O)c1ccccc1S(=O)(=O)NNC(=O)COc1cccc(F)c1. The third-order valence-corrected chi connectivity index (χ3v) is 4.38. The van der Waals surface area contributed by atoms with Gasteiger partial charge in [0.25, 0.3) is 15.9 Å². The minimum absolute atomic E-state index is 0.110. The lowest BCUT2D eigenvalue weighted by molar-refractivity contribution is -0.123. The summed E-state index contributed by atoms with van der Waals surface area (Å²) < 4.78 is 47.1. The third-order valence-electron chi connectivity index (χ3n) is 3.07. The van der Waals surface area contributed by atoms with Gasteiger partial charge in [-0.15, -0.1) is 4.83 Å². The van der Waals surface area contributed by atoms with Crippen molar-refractivity contribution in [3.8, 4) is 5.75 Å². The number of carbonyl (C=O) groups excluding carboxylic acids is 2. The van der Waals surface area contributed by atoms with E-state index in [-0.39, 0.29) is 16.2 Å². The summed E-state index contributed by atoms with van der Waals surface area (Å²) in [6.07, 6.45) is 0. The molecule has 0 aliphatic carbocycles. The Kier molecular flexibility index (Phi) is 6.26. The molecule has 1 amide bonds. The highest BCUT2D eigenvalue weighted by molar-refractivity contribution is 7.89. The molecular formula is C16H15FN2O6S. The van der Waals surface area contributed by atoms with Gasteiger partial charge in [0.2, 0.25) is 0 Å². The molecule has 0 bridgehead atoms. The number of methoxy groups -OCH3 is 1. The number of amides is 1. The van der Waals surface area contributed by atoms with Crippen molar-refractivity contribution in [1.82, 2.24) is 10.3 Å². The minimum Gasteiger partial charge on any atom is -0.484 e. The maximum atomic E-state index is 13.0. The van der Waals surface area contributed by atoms with Crippen molar-refractivity contribution < 1.29 is 31.9 Å². The number of nitrogens with one attached hydrogen (secondary N) is 2. The van der Waals surface area contributed by atoms with Crippen LogP contribution in [0.1, 0.15) is 10.4 Å². The molecule has 0 spiro atoms. The van der Waals surface area contributed by atoms with Gasteiger partial charge in [0.1, 0.15) is 11.6 Å². The predicted octanol–water partition coefficient (Wildman–Crippen LogP) is 1.00. The van der Waals surface area contributed by atoms with Gasteiger partial charge in [0.15, 0.2) is 6.61 Å². The Morgan fingerprint density at radius 3 is 2.54 bits per heavy atom. The molecule has 2 aromatic rings. The standard InChI is InChI=1S/C16H15FN2O6S/c1-24-16(21)13-7-2-3-8-14(13)26(22,23)19-18-15(20)10-25-12-6-4-5-11(17)9-12/h2-9,19H,10H2,1H3,(H,18,20). The van der Waals surface area contributed by atoms with Crippen LogP contribution < -0.4 is 15.0 Å². The van der Waals surface area contributed by atoms with Gasteiger partial charge >= 0.3 is 5.97 Å². The number of benzene rings is 2. The van der Waals surface area contributed by atoms with Crippen LogP contribution in [0.5, 0.6) is 5.75 Å². The van der Waals surface area contributed by atoms with Crippen LogP contribution in [0.3, 0.4) is 0 Å². The van der Waals surface area contributed by atoms with Gasteiger partial charge in [-0.1, -0.05) is 18.2 Å². The van der Waals surface area contributed by atoms with Gasteiger partial charge in [-0.05, 0) is 24.3 Å². The molecule has 0 saturated heterocycles. The Hall–Kier alpha value is -2.98. The number of esters is 1. The summed E-state index contributed by atoms with van der Waals surface area (Å²) in [5.41, 5.74) is 1.76. The molecule has 138 valence electrons. The van der Waals surface area contributed by atoms with Crippen LogP contribution in [0.25, 0.3) is 0 Å². The normalized spacial score (nSPS) is 10.8. The van der Waals surface area contributed by atoms with Gasteiger partial charge < -0.3 is 9.47 Å². The zero-order valence-corrected chi connectivity index (χ0v) is 14.4. The number of hydrogen-bond donors (Lipinski definition) is 2. The minimum atomic E-state index is -4.23. The second kappa shape index (κ2) is 8.41. The van der Waals surface area contributed by atoms with Crippen molar-refractivity contribution in [2.75, 3.05) is 13.7 Å². The first-order chi connectivity index (χ1) is 12.3. The summed E-state index contributed by atoms with van der Waals surface area (Å²) in [7, 11) is -3.11. The van der Waals surface area contributed by atoms with E-state index in [4.69, 9.17) is 4.74 Å². The van der Waals surface area contributed by atoms with Crippen LogP contribution in [0, 0.1) is 5.82 Å². The Labute approximate surface area is 148 Å². The molecular weight excluding hydrogens is 367 g/mol. The van der Waals surface area contributed by atoms with E-state index in [1.54, 1.807) is 0 Å². The number of ether oxygens (including phenoxy) is 2. The molecule has 10 heteroatoms. The number of carbonyl (C=O) groups is 2. The first kappa shape index (κ1) is 19.3. The van der Waals surface area contributed by atoms with Crippen molar-refractivity contribution in [2.24, 2.45) is 0 Å². The molecule has 0 aliphatic heterocycles. The highest BCUT2D eigenvalue weighted by Gasteiger charge is 2.23. The van der Waals surface area contributed by atoms with Crippen molar-refractivity contribution in [3.63, 3.8) is 0 Å². The number of hydrazine groups is 1. The van der Waals surface area contributed by atoms with Crippen molar-refractivity contribution in [2.45, 2.75) is 4.90 Å². The summed E-state index contributed by atoms with van der Waals surface area (Å²) in [6, 6.07) is 10.5. The summed E-state index contributed by atoms with van der Waals surface area (Å²) in [5, 5.41) is 0. The molecule has 8 nitrogen and oxygen atoms in total. The maximum absolute atomic E-state index is 13.0. The van der Waals surface area contributed by atoms with Crippen molar-refractivity contribution in [3.05, 3.63) is 59.9 Å². The average molecular weight is 382 g/mol. The lowest BCUT2D eigenvalue weighted by atomic mass is 10.2. The molecule has 2 N–H and O–H groups in total. The fourth-order valence-electron chi connectivity index (χ4n) is 1.90. The van der Waals surface area contributed by atoms with Gasteiger partial charge in [-0.3, -0.25) is 10.2 Å². The van der Waals surface area contributed by atoms with Gasteiger partial charge in [-0.25, -0.2) is 17.6 Å². The quantitative estimate of drug-likeness (QED) is 0.546. The summed E-state index contributed by atoms with van der Waals surface area (Å²) in [5.74, 6) is -2.10. The molecule has 0 aliphatic rings. The fraction of sp³-hybridized carbons (Fsp3) is 0.125. The Morgan fingerprint density at radius 1 is 1.12 bits per heavy atom. The molecule has 0 atom stereocenters. The Bertz CT molecular complexity index is 916. The Balaban J connectivity index is 2.00. The van der Waals surface area contributed by atoms with E-state index in [1.165, 1.54) is 42.5 Å². The second-order valence-corrected chi connectivity index (χ2v) is 6.54. The van der Waals surface area contributed by atoms with E-state index in [9.17, 15) is 22.4 Å². The van der Waals surface area contributed by atoms with E-state index in [1.807, 2.05) is 10.3 Å². The fourth-order valence-corrected chi connectivity index (χ4v) is 2.96. The first-order valence-electron chi connectivity index (χ1n) is 7.20. The third kappa shape index (κ3) is 5.01. The van der Waals surface area contributed by atoms with Gasteiger partial charge in [0.05, 0.1) is 17.6 Å². The number of sulfonamides is 1. The highest BCUT2D eigenvalue weighted by atomic mass is 32.2. The largest absolute Gasteiger partial charge is 0.484 e. The molecule has 2 aromatic carbocycles. The molecule has 0 unspecified atom stereocenters. The molecule has 0 saturated carbocycles. The van der Waals surface area contributed by atoms with Crippen LogP contribution >= 0.6 is 0 Å². The average Bonchev–Trinajstić information content (AvgIpc) is 2.64. The Morgan fingerprint density at radius 2 is 1.85 bits per heavy atom. The molecule has 0 fully saturated rings. The molecule has 0 heterocycles. The van der Waals surface area contributed by atoms with E-state index < -0.39 is 34.3 Å². The highest BCUT2D eigenvalue weighted by Crippen LogP contribution is 2.16. The van der Waals surface area contributed by atoms with E-state index >= 15 is 0 Å². The predicted molar refractivity (Wildman–Crippen MR) is 88.1 cm³/mol. The summed E-state index contributed by atoms with van der Waals surface area (Å²) in [6.45, 7) is -0.551. The van der Waals surface area contributed by atoms with Crippen LogP contribution in [-0.4, -0.2) is 34.0 Å². The maximum Gasteiger partial charge on any atom is 0.339 e. The van der Waals surface area contributed by atoms with E-state index in [2.05, 4.69) is 4.74 Å². The molecule has 0 aromatic heterocycles. The summed E-state index contributed by atoms with van der Waals surface area (Å²) in [4.78, 5) is 24.8. The van der Waals surface area contributed by atoms with Crippen LogP contribution in [0.15, 0.2) is 53.4 Å². The lowest BCUT2D eigenvalue weighted by Crippen LogP contribution is -2.44. The zero-order chi connectivity index (χ0) is 19.2. The summed E-state index contributed by atoms with van der Waals surface area (Å²) >= 11 is 0. The molecule has 2 rings (SSSR count). The molecule has 26 heavy (non-hydrogen) atoms. The number of rotatable bonds is 7. The number of hydrogen-bond acceptors (Lipinski definition) is 6. The van der Waals surface area contributed by atoms with Crippen LogP contribution in [-0.2, 0) is 19.6 Å². The smallest absolute Gasteiger partial charge is 0.339 e. The van der Waals surface area contributed by atoms with Crippen molar-refractivity contribution >= 4 is 21.9 Å². The molecule has 0 radical (unpaired) electrons. The van der Waals surface area contributed by atoms with E-state index in [0.717, 1.165) is 13.2 Å². The number of halogens is 1. The lowest BCUT2D eigenvalue weighted by Gasteiger charge is -2.11. The second-order valence-electron chi connectivity index (χ2n) is 4.89. The monoisotopic (exact) mass is 382 g/mol. The van der Waals surface area contributed by atoms with Crippen LogP contribution in [0.2, 0.25) is 0 Å². The van der Waals surface area contributed by atoms with Crippen LogP contribution in [0.4, 0.5) is 4.39 Å². The van der Waals surface area contributed by atoms with Gasteiger partial charge in [-0.2, -0.15) is 0 Å². The van der Waals surface area contributed by atoms with Crippen molar-refractivity contribution in [1.29, 1.82) is 0 Å². The zero-order valence-electron chi connectivity index (χ0n) is 13.6. The first-order valence-corrected chi connectivity index (χ1v) is 8.68. The topological polar surface area (TPSA) is 111 Å². The van der Waals surface area contributed by atoms with Gasteiger partial charge in [0, 0.05) is 6.07 Å².